The molecule has 1 aliphatic rings. The topological polar surface area (TPSA) is 55.6 Å². The monoisotopic (exact) mass is 228 g/mol. The van der Waals surface area contributed by atoms with Crippen molar-refractivity contribution in [1.29, 1.82) is 0 Å². The molecule has 0 aromatic heterocycles. The fourth-order valence-electron chi connectivity index (χ4n) is 2.18. The molecule has 0 aliphatic carbocycles. The number of hydrogen-bond acceptors (Lipinski definition) is 3. The van der Waals surface area contributed by atoms with Gasteiger partial charge in [-0.05, 0) is 18.8 Å². The fraction of sp³-hybridized carbons (Fsp3) is 0.917. The normalized spacial score (nSPS) is 19.8. The van der Waals surface area contributed by atoms with Crippen molar-refractivity contribution >= 4 is 5.91 Å². The van der Waals surface area contributed by atoms with E-state index in [1.54, 1.807) is 0 Å². The molecule has 0 aromatic rings. The quantitative estimate of drug-likeness (QED) is 0.781. The maximum absolute atomic E-state index is 12.0. The van der Waals surface area contributed by atoms with E-state index in [1.165, 1.54) is 0 Å². The summed E-state index contributed by atoms with van der Waals surface area (Å²) in [5.41, 5.74) is 5.68. The molecule has 0 bridgehead atoms. The van der Waals surface area contributed by atoms with Crippen LogP contribution < -0.4 is 5.73 Å². The Bertz CT molecular complexity index is 235. The Balaban J connectivity index is 2.67. The van der Waals surface area contributed by atoms with Crippen LogP contribution in [-0.4, -0.2) is 43.2 Å². The Morgan fingerprint density at radius 3 is 2.44 bits per heavy atom. The number of carbonyl (C=O) groups excluding carboxylic acids is 1. The molecule has 1 saturated heterocycles. The second-order valence-electron chi connectivity index (χ2n) is 5.09. The molecule has 1 aliphatic heterocycles. The Morgan fingerprint density at radius 1 is 1.44 bits per heavy atom. The number of likely N-dealkylation sites (N-methyl/N-ethyl adjacent to an activating group) is 1. The highest BCUT2D eigenvalue weighted by molar-refractivity contribution is 5.77. The molecule has 1 amide bonds. The van der Waals surface area contributed by atoms with E-state index in [9.17, 15) is 4.79 Å². The van der Waals surface area contributed by atoms with Crippen molar-refractivity contribution in [2.45, 2.75) is 38.6 Å². The van der Waals surface area contributed by atoms with Gasteiger partial charge in [-0.2, -0.15) is 0 Å². The van der Waals surface area contributed by atoms with Gasteiger partial charge in [-0.3, -0.25) is 4.79 Å². The second-order valence-corrected chi connectivity index (χ2v) is 5.09. The average molecular weight is 228 g/mol. The van der Waals surface area contributed by atoms with Crippen molar-refractivity contribution < 1.29 is 9.53 Å². The number of carbonyl (C=O) groups is 1. The molecule has 0 radical (unpaired) electrons. The summed E-state index contributed by atoms with van der Waals surface area (Å²) in [6, 6.07) is 0. The third-order valence-electron chi connectivity index (χ3n) is 3.47. The molecule has 4 heteroatoms. The predicted molar refractivity (Wildman–Crippen MR) is 64.1 cm³/mol. The van der Waals surface area contributed by atoms with Gasteiger partial charge in [0.05, 0.1) is 5.54 Å². The molecule has 0 saturated carbocycles. The molecule has 16 heavy (non-hydrogen) atoms. The highest BCUT2D eigenvalue weighted by Crippen LogP contribution is 2.26. The molecule has 1 rings (SSSR count). The lowest BCUT2D eigenvalue weighted by Gasteiger charge is -2.44. The first-order valence-corrected chi connectivity index (χ1v) is 6.06. The van der Waals surface area contributed by atoms with Crippen LogP contribution in [0.25, 0.3) is 0 Å². The summed E-state index contributed by atoms with van der Waals surface area (Å²) in [6.45, 7) is 6.05. The smallest absolute Gasteiger partial charge is 0.223 e. The van der Waals surface area contributed by atoms with Crippen LogP contribution >= 0.6 is 0 Å². The van der Waals surface area contributed by atoms with Crippen molar-refractivity contribution in [1.82, 2.24) is 4.90 Å². The Labute approximate surface area is 98.1 Å². The van der Waals surface area contributed by atoms with Crippen LogP contribution in [0.3, 0.4) is 0 Å². The number of ether oxygens (including phenoxy) is 1. The summed E-state index contributed by atoms with van der Waals surface area (Å²) < 4.78 is 5.34. The zero-order chi connectivity index (χ0) is 12.2. The summed E-state index contributed by atoms with van der Waals surface area (Å²) in [6.07, 6.45) is 2.30. The summed E-state index contributed by atoms with van der Waals surface area (Å²) in [5.74, 6) is 0.590. The van der Waals surface area contributed by atoms with Crippen LogP contribution in [0.4, 0.5) is 0 Å². The number of nitrogens with two attached hydrogens (primary N) is 1. The van der Waals surface area contributed by atoms with Crippen LogP contribution in [0.1, 0.15) is 33.1 Å². The van der Waals surface area contributed by atoms with Crippen LogP contribution in [0, 0.1) is 5.92 Å². The van der Waals surface area contributed by atoms with Crippen LogP contribution in [-0.2, 0) is 9.53 Å². The molecule has 0 atom stereocenters. The first-order valence-electron chi connectivity index (χ1n) is 6.06. The van der Waals surface area contributed by atoms with Crippen molar-refractivity contribution in [3.8, 4) is 0 Å². The van der Waals surface area contributed by atoms with E-state index in [-0.39, 0.29) is 11.4 Å². The number of rotatable bonds is 4. The lowest BCUT2D eigenvalue weighted by atomic mass is 9.88. The molecule has 0 aromatic carbocycles. The minimum Gasteiger partial charge on any atom is -0.381 e. The molecular weight excluding hydrogens is 204 g/mol. The summed E-state index contributed by atoms with van der Waals surface area (Å²) >= 11 is 0. The third kappa shape index (κ3) is 2.95. The summed E-state index contributed by atoms with van der Waals surface area (Å²) in [4.78, 5) is 13.9. The van der Waals surface area contributed by atoms with Crippen molar-refractivity contribution in [2.24, 2.45) is 11.7 Å². The highest BCUT2D eigenvalue weighted by Gasteiger charge is 2.37. The first-order chi connectivity index (χ1) is 7.52. The van der Waals surface area contributed by atoms with Crippen molar-refractivity contribution in [3.63, 3.8) is 0 Å². The van der Waals surface area contributed by atoms with Gasteiger partial charge in [0.25, 0.3) is 0 Å². The van der Waals surface area contributed by atoms with Gasteiger partial charge in [-0.15, -0.1) is 0 Å². The maximum atomic E-state index is 12.0. The minimum atomic E-state index is -0.176. The Hall–Kier alpha value is -0.610. The van der Waals surface area contributed by atoms with Crippen LogP contribution in [0.15, 0.2) is 0 Å². The number of amides is 1. The fourth-order valence-corrected chi connectivity index (χ4v) is 2.18. The Kier molecular flexibility index (Phi) is 4.74. The van der Waals surface area contributed by atoms with E-state index in [0.717, 1.165) is 12.8 Å². The number of hydrogen-bond donors (Lipinski definition) is 1. The summed E-state index contributed by atoms with van der Waals surface area (Å²) in [7, 11) is 1.88. The van der Waals surface area contributed by atoms with Gasteiger partial charge in [-0.1, -0.05) is 13.8 Å². The lowest BCUT2D eigenvalue weighted by molar-refractivity contribution is -0.139. The molecule has 1 heterocycles. The van der Waals surface area contributed by atoms with Gasteiger partial charge in [0.1, 0.15) is 0 Å². The van der Waals surface area contributed by atoms with E-state index in [0.29, 0.717) is 32.1 Å². The molecule has 1 fully saturated rings. The first kappa shape index (κ1) is 13.5. The Morgan fingerprint density at radius 2 is 2.00 bits per heavy atom. The van der Waals surface area contributed by atoms with E-state index >= 15 is 0 Å². The highest BCUT2D eigenvalue weighted by atomic mass is 16.5. The lowest BCUT2D eigenvalue weighted by Crippen LogP contribution is -2.57. The van der Waals surface area contributed by atoms with E-state index in [4.69, 9.17) is 10.5 Å². The van der Waals surface area contributed by atoms with Crippen LogP contribution in [0.2, 0.25) is 0 Å². The third-order valence-corrected chi connectivity index (χ3v) is 3.47. The number of nitrogens with zero attached hydrogens (tertiary/aromatic N) is 1. The SMILES string of the molecule is CC(C)CC(=O)N(C)C1(CN)CCOCC1. The van der Waals surface area contributed by atoms with Gasteiger partial charge in [0.15, 0.2) is 0 Å². The van der Waals surface area contributed by atoms with Crippen molar-refractivity contribution in [2.75, 3.05) is 26.8 Å². The zero-order valence-corrected chi connectivity index (χ0v) is 10.7. The molecule has 0 spiro atoms. The van der Waals surface area contributed by atoms with E-state index < -0.39 is 0 Å². The zero-order valence-electron chi connectivity index (χ0n) is 10.7. The van der Waals surface area contributed by atoms with E-state index in [2.05, 4.69) is 13.8 Å². The molecule has 94 valence electrons. The standard InChI is InChI=1S/C12H24N2O2/c1-10(2)8-11(15)14(3)12(9-13)4-6-16-7-5-12/h10H,4-9,13H2,1-3H3. The van der Waals surface area contributed by atoms with E-state index in [1.807, 2.05) is 11.9 Å². The molecule has 0 unspecified atom stereocenters. The molecule has 2 N–H and O–H groups in total. The largest absolute Gasteiger partial charge is 0.381 e. The maximum Gasteiger partial charge on any atom is 0.223 e. The summed E-state index contributed by atoms with van der Waals surface area (Å²) in [5, 5.41) is 0. The average Bonchev–Trinajstić information content (AvgIpc) is 2.28. The molecular formula is C12H24N2O2. The predicted octanol–water partition coefficient (Wildman–Crippen LogP) is 0.999. The second kappa shape index (κ2) is 5.64. The minimum absolute atomic E-state index is 0.176. The molecule has 4 nitrogen and oxygen atoms in total. The van der Waals surface area contributed by atoms with Gasteiger partial charge in [0, 0.05) is 33.2 Å². The van der Waals surface area contributed by atoms with Gasteiger partial charge < -0.3 is 15.4 Å². The van der Waals surface area contributed by atoms with Crippen molar-refractivity contribution in [3.05, 3.63) is 0 Å². The van der Waals surface area contributed by atoms with Gasteiger partial charge in [0.2, 0.25) is 5.91 Å². The van der Waals surface area contributed by atoms with Crippen LogP contribution in [0.5, 0.6) is 0 Å². The van der Waals surface area contributed by atoms with Gasteiger partial charge >= 0.3 is 0 Å². The van der Waals surface area contributed by atoms with Gasteiger partial charge in [-0.25, -0.2) is 0 Å².